The maximum atomic E-state index is 5.26. The van der Waals surface area contributed by atoms with E-state index in [1.807, 2.05) is 21.0 Å². The standard InChI is InChI=1S/C10H17N5O/c1-5-7-11-8-12-9(15(3)4)14-10(13-8)16-6-2/h5H,1,6-7H2,2-4H3,(H,11,12,13,14). The average molecular weight is 223 g/mol. The first-order chi connectivity index (χ1) is 7.67. The second-order valence-corrected chi connectivity index (χ2v) is 3.24. The first-order valence-electron chi connectivity index (χ1n) is 5.08. The third-order valence-electron chi connectivity index (χ3n) is 1.68. The Balaban J connectivity index is 2.93. The van der Waals surface area contributed by atoms with Gasteiger partial charge in [-0.15, -0.1) is 6.58 Å². The molecule has 0 fully saturated rings. The number of nitrogens with zero attached hydrogens (tertiary/aromatic N) is 4. The van der Waals surface area contributed by atoms with Gasteiger partial charge in [0.15, 0.2) is 0 Å². The summed E-state index contributed by atoms with van der Waals surface area (Å²) < 4.78 is 5.26. The molecule has 0 atom stereocenters. The monoisotopic (exact) mass is 223 g/mol. The Bertz CT molecular complexity index is 353. The second kappa shape index (κ2) is 5.89. The summed E-state index contributed by atoms with van der Waals surface area (Å²) in [5.41, 5.74) is 0. The van der Waals surface area contributed by atoms with Crippen LogP contribution >= 0.6 is 0 Å². The molecule has 1 heterocycles. The molecule has 6 nitrogen and oxygen atoms in total. The summed E-state index contributed by atoms with van der Waals surface area (Å²) in [7, 11) is 3.73. The number of ether oxygens (including phenoxy) is 1. The zero-order valence-corrected chi connectivity index (χ0v) is 9.90. The van der Waals surface area contributed by atoms with Crippen molar-refractivity contribution in [2.75, 3.05) is 37.5 Å². The molecule has 0 aliphatic heterocycles. The average Bonchev–Trinajstić information content (AvgIpc) is 2.26. The summed E-state index contributed by atoms with van der Waals surface area (Å²) in [6.45, 7) is 6.63. The Hall–Kier alpha value is -1.85. The van der Waals surface area contributed by atoms with Crippen molar-refractivity contribution in [1.29, 1.82) is 0 Å². The van der Waals surface area contributed by atoms with Gasteiger partial charge in [-0.25, -0.2) is 0 Å². The fourth-order valence-corrected chi connectivity index (χ4v) is 0.982. The quantitative estimate of drug-likeness (QED) is 0.724. The largest absolute Gasteiger partial charge is 0.464 e. The summed E-state index contributed by atoms with van der Waals surface area (Å²) in [6, 6.07) is 0.327. The summed E-state index contributed by atoms with van der Waals surface area (Å²) in [5, 5.41) is 3.00. The van der Waals surface area contributed by atoms with Crippen LogP contribution in [0, 0.1) is 0 Å². The van der Waals surface area contributed by atoms with Crippen molar-refractivity contribution in [2.24, 2.45) is 0 Å². The van der Waals surface area contributed by atoms with Gasteiger partial charge in [0.05, 0.1) is 6.61 Å². The topological polar surface area (TPSA) is 63.2 Å². The van der Waals surface area contributed by atoms with Crippen LogP contribution in [0.1, 0.15) is 6.92 Å². The van der Waals surface area contributed by atoms with Gasteiger partial charge in [-0.05, 0) is 6.92 Å². The minimum absolute atomic E-state index is 0.327. The van der Waals surface area contributed by atoms with Crippen LogP contribution in [0.2, 0.25) is 0 Å². The predicted octanol–water partition coefficient (Wildman–Crippen LogP) is 0.934. The van der Waals surface area contributed by atoms with Crippen molar-refractivity contribution in [3.8, 4) is 6.01 Å². The van der Waals surface area contributed by atoms with Crippen LogP contribution in [0.3, 0.4) is 0 Å². The number of rotatable bonds is 6. The van der Waals surface area contributed by atoms with E-state index in [1.165, 1.54) is 0 Å². The Labute approximate surface area is 95.4 Å². The van der Waals surface area contributed by atoms with Gasteiger partial charge in [-0.1, -0.05) is 6.08 Å². The summed E-state index contributed by atoms with van der Waals surface area (Å²) in [5.74, 6) is 1.05. The molecule has 0 aromatic carbocycles. The maximum absolute atomic E-state index is 5.26. The molecule has 0 spiro atoms. The molecule has 0 saturated carbocycles. The third-order valence-corrected chi connectivity index (χ3v) is 1.68. The molecular formula is C10H17N5O. The van der Waals surface area contributed by atoms with Crippen LogP contribution < -0.4 is 15.0 Å². The highest BCUT2D eigenvalue weighted by Gasteiger charge is 2.07. The molecule has 1 aromatic heterocycles. The third kappa shape index (κ3) is 3.38. The van der Waals surface area contributed by atoms with E-state index in [2.05, 4.69) is 26.8 Å². The molecule has 0 bridgehead atoms. The van der Waals surface area contributed by atoms with Crippen molar-refractivity contribution in [3.63, 3.8) is 0 Å². The van der Waals surface area contributed by atoms with E-state index in [9.17, 15) is 0 Å². The van der Waals surface area contributed by atoms with Crippen LogP contribution in [0.4, 0.5) is 11.9 Å². The van der Waals surface area contributed by atoms with Gasteiger partial charge >= 0.3 is 6.01 Å². The van der Waals surface area contributed by atoms with Gasteiger partial charge in [0.2, 0.25) is 11.9 Å². The van der Waals surface area contributed by atoms with E-state index in [0.717, 1.165) is 0 Å². The molecule has 0 aliphatic carbocycles. The highest BCUT2D eigenvalue weighted by Crippen LogP contribution is 2.12. The zero-order chi connectivity index (χ0) is 12.0. The summed E-state index contributed by atoms with van der Waals surface area (Å²) >= 11 is 0. The molecule has 0 aliphatic rings. The van der Waals surface area contributed by atoms with E-state index in [0.29, 0.717) is 31.1 Å². The first-order valence-corrected chi connectivity index (χ1v) is 5.08. The van der Waals surface area contributed by atoms with Gasteiger partial charge in [-0.2, -0.15) is 15.0 Å². The fourth-order valence-electron chi connectivity index (χ4n) is 0.982. The minimum Gasteiger partial charge on any atom is -0.464 e. The Kier molecular flexibility index (Phi) is 4.50. The number of aromatic nitrogens is 3. The van der Waals surface area contributed by atoms with Crippen molar-refractivity contribution < 1.29 is 4.74 Å². The van der Waals surface area contributed by atoms with E-state index in [1.54, 1.807) is 11.0 Å². The SMILES string of the molecule is C=CCNc1nc(OCC)nc(N(C)C)n1. The summed E-state index contributed by atoms with van der Waals surface area (Å²) in [6.07, 6.45) is 1.74. The normalized spacial score (nSPS) is 9.69. The molecule has 6 heteroatoms. The predicted molar refractivity (Wildman–Crippen MR) is 64.0 cm³/mol. The highest BCUT2D eigenvalue weighted by atomic mass is 16.5. The molecule has 88 valence electrons. The van der Waals surface area contributed by atoms with Crippen LogP contribution in [0.15, 0.2) is 12.7 Å². The molecule has 0 amide bonds. The lowest BCUT2D eigenvalue weighted by atomic mass is 10.6. The molecule has 0 radical (unpaired) electrons. The Morgan fingerprint density at radius 3 is 2.69 bits per heavy atom. The first kappa shape index (κ1) is 12.2. The Morgan fingerprint density at radius 2 is 2.12 bits per heavy atom. The number of nitrogens with one attached hydrogen (secondary N) is 1. The van der Waals surface area contributed by atoms with Crippen molar-refractivity contribution in [1.82, 2.24) is 15.0 Å². The smallest absolute Gasteiger partial charge is 0.323 e. The lowest BCUT2D eigenvalue weighted by molar-refractivity contribution is 0.312. The molecule has 0 saturated heterocycles. The molecule has 1 rings (SSSR count). The highest BCUT2D eigenvalue weighted by molar-refractivity contribution is 5.37. The van der Waals surface area contributed by atoms with Gasteiger partial charge in [0.25, 0.3) is 0 Å². The second-order valence-electron chi connectivity index (χ2n) is 3.24. The van der Waals surface area contributed by atoms with Gasteiger partial charge in [0, 0.05) is 20.6 Å². The van der Waals surface area contributed by atoms with E-state index >= 15 is 0 Å². The fraction of sp³-hybridized carbons (Fsp3) is 0.500. The van der Waals surface area contributed by atoms with Crippen molar-refractivity contribution in [2.45, 2.75) is 6.92 Å². The maximum Gasteiger partial charge on any atom is 0.323 e. The van der Waals surface area contributed by atoms with Crippen LogP contribution in [-0.4, -0.2) is 42.2 Å². The molecular weight excluding hydrogens is 206 g/mol. The number of hydrogen-bond acceptors (Lipinski definition) is 6. The van der Waals surface area contributed by atoms with Crippen molar-refractivity contribution >= 4 is 11.9 Å². The Morgan fingerprint density at radius 1 is 1.38 bits per heavy atom. The van der Waals surface area contributed by atoms with E-state index < -0.39 is 0 Å². The van der Waals surface area contributed by atoms with E-state index in [4.69, 9.17) is 4.74 Å². The van der Waals surface area contributed by atoms with Crippen molar-refractivity contribution in [3.05, 3.63) is 12.7 Å². The lowest BCUT2D eigenvalue weighted by Gasteiger charge is -2.12. The van der Waals surface area contributed by atoms with Gasteiger partial charge in [-0.3, -0.25) is 0 Å². The number of anilines is 2. The van der Waals surface area contributed by atoms with Crippen LogP contribution in [-0.2, 0) is 0 Å². The zero-order valence-electron chi connectivity index (χ0n) is 9.90. The lowest BCUT2D eigenvalue weighted by Crippen LogP contribution is -2.16. The van der Waals surface area contributed by atoms with Gasteiger partial charge < -0.3 is 15.0 Å². The number of hydrogen-bond donors (Lipinski definition) is 1. The molecule has 0 unspecified atom stereocenters. The van der Waals surface area contributed by atoms with E-state index in [-0.39, 0.29) is 0 Å². The molecule has 1 N–H and O–H groups in total. The van der Waals surface area contributed by atoms with Crippen LogP contribution in [0.25, 0.3) is 0 Å². The van der Waals surface area contributed by atoms with Gasteiger partial charge in [0.1, 0.15) is 0 Å². The minimum atomic E-state index is 0.327. The molecule has 1 aromatic rings. The molecule has 16 heavy (non-hydrogen) atoms. The summed E-state index contributed by atoms with van der Waals surface area (Å²) in [4.78, 5) is 14.3. The van der Waals surface area contributed by atoms with Crippen LogP contribution in [0.5, 0.6) is 6.01 Å².